The summed E-state index contributed by atoms with van der Waals surface area (Å²) < 4.78 is 25.4. The van der Waals surface area contributed by atoms with Crippen LogP contribution in [0.4, 0.5) is 0 Å². The monoisotopic (exact) mass is 463 g/mol. The van der Waals surface area contributed by atoms with Crippen LogP contribution in [0.2, 0.25) is 5.02 Å². The Morgan fingerprint density at radius 1 is 1.10 bits per heavy atom. The first-order valence-electron chi connectivity index (χ1n) is 9.92. The molecule has 0 saturated carbocycles. The van der Waals surface area contributed by atoms with Crippen LogP contribution < -0.4 is 5.32 Å². The van der Waals surface area contributed by atoms with E-state index < -0.39 is 27.4 Å². The van der Waals surface area contributed by atoms with E-state index >= 15 is 0 Å². The number of carbonyl (C=O) groups excluding carboxylic acids is 2. The fourth-order valence-electron chi connectivity index (χ4n) is 3.66. The molecule has 0 radical (unpaired) electrons. The smallest absolute Gasteiger partial charge is 0.247 e. The van der Waals surface area contributed by atoms with Gasteiger partial charge in [0.15, 0.2) is 0 Å². The van der Waals surface area contributed by atoms with Gasteiger partial charge in [-0.15, -0.1) is 0 Å². The van der Waals surface area contributed by atoms with Crippen LogP contribution in [-0.2, 0) is 32.6 Å². The average Bonchev–Trinajstić information content (AvgIpc) is 2.72. The molecule has 2 amide bonds. The fraction of sp³-hybridized carbons (Fsp3) is 0.364. The number of hydrogen-bond acceptors (Lipinski definition) is 4. The quantitative estimate of drug-likeness (QED) is 0.681. The Morgan fingerprint density at radius 2 is 1.74 bits per heavy atom. The molecule has 1 atom stereocenters. The minimum absolute atomic E-state index is 0.0984. The summed E-state index contributed by atoms with van der Waals surface area (Å²) in [5.41, 5.74) is 0.545. The SMILES string of the molecule is C[C@@]1(C(=O)NCc2ccc(Cl)cc2)CN(S(C)(=O)=O)CC(=O)N1CCc1ccccc1. The zero-order valence-corrected chi connectivity index (χ0v) is 19.1. The highest BCUT2D eigenvalue weighted by Crippen LogP contribution is 2.25. The summed E-state index contributed by atoms with van der Waals surface area (Å²) in [6, 6.07) is 16.7. The van der Waals surface area contributed by atoms with Gasteiger partial charge >= 0.3 is 0 Å². The summed E-state index contributed by atoms with van der Waals surface area (Å²) in [7, 11) is -3.63. The molecule has 2 aromatic rings. The van der Waals surface area contributed by atoms with E-state index in [1.165, 1.54) is 4.90 Å². The van der Waals surface area contributed by atoms with Crippen molar-refractivity contribution in [3.05, 3.63) is 70.7 Å². The standard InChI is InChI=1S/C22H26ClN3O4S/c1-22(21(28)24-14-18-8-10-19(23)11-9-18)16-25(31(2,29)30)15-20(27)26(22)13-12-17-6-4-3-5-7-17/h3-11H,12-16H2,1-2H3,(H,24,28)/t22-/m0/s1. The maximum absolute atomic E-state index is 13.2. The van der Waals surface area contributed by atoms with Gasteiger partial charge in [-0.1, -0.05) is 54.1 Å². The van der Waals surface area contributed by atoms with Crippen molar-refractivity contribution in [1.82, 2.24) is 14.5 Å². The Kier molecular flexibility index (Phi) is 7.03. The second-order valence-electron chi connectivity index (χ2n) is 7.90. The summed E-state index contributed by atoms with van der Waals surface area (Å²) in [5, 5.41) is 3.45. The molecule has 7 nitrogen and oxygen atoms in total. The molecule has 166 valence electrons. The lowest BCUT2D eigenvalue weighted by Crippen LogP contribution is -2.69. The minimum atomic E-state index is -3.63. The van der Waals surface area contributed by atoms with Crippen molar-refractivity contribution in [1.29, 1.82) is 0 Å². The van der Waals surface area contributed by atoms with Crippen LogP contribution in [0.25, 0.3) is 0 Å². The molecule has 1 aliphatic rings. The van der Waals surface area contributed by atoms with E-state index in [1.807, 2.05) is 30.3 Å². The van der Waals surface area contributed by atoms with Crippen molar-refractivity contribution in [2.24, 2.45) is 0 Å². The number of hydrogen-bond donors (Lipinski definition) is 1. The first-order chi connectivity index (χ1) is 14.6. The minimum Gasteiger partial charge on any atom is -0.350 e. The van der Waals surface area contributed by atoms with Crippen molar-refractivity contribution in [2.45, 2.75) is 25.4 Å². The summed E-state index contributed by atoms with van der Waals surface area (Å²) in [6.45, 7) is 1.80. The third-order valence-electron chi connectivity index (χ3n) is 5.48. The van der Waals surface area contributed by atoms with Crippen LogP contribution in [0.1, 0.15) is 18.1 Å². The van der Waals surface area contributed by atoms with Gasteiger partial charge in [0.05, 0.1) is 12.8 Å². The van der Waals surface area contributed by atoms with Gasteiger partial charge in [-0.3, -0.25) is 9.59 Å². The van der Waals surface area contributed by atoms with Crippen LogP contribution in [-0.4, -0.2) is 60.9 Å². The van der Waals surface area contributed by atoms with Gasteiger partial charge in [0.1, 0.15) is 5.54 Å². The third kappa shape index (κ3) is 5.64. The predicted molar refractivity (Wildman–Crippen MR) is 120 cm³/mol. The van der Waals surface area contributed by atoms with Gasteiger partial charge in [-0.25, -0.2) is 8.42 Å². The molecule has 1 saturated heterocycles. The molecule has 3 rings (SSSR count). The van der Waals surface area contributed by atoms with E-state index in [2.05, 4.69) is 5.32 Å². The predicted octanol–water partition coefficient (Wildman–Crippen LogP) is 2.06. The lowest BCUT2D eigenvalue weighted by molar-refractivity contribution is -0.152. The van der Waals surface area contributed by atoms with E-state index in [0.29, 0.717) is 18.0 Å². The molecule has 0 unspecified atom stereocenters. The number of amides is 2. The van der Waals surface area contributed by atoms with Crippen molar-refractivity contribution >= 4 is 33.4 Å². The first kappa shape index (κ1) is 23.2. The average molecular weight is 464 g/mol. The highest BCUT2D eigenvalue weighted by molar-refractivity contribution is 7.88. The Balaban J connectivity index is 1.81. The molecule has 1 heterocycles. The van der Waals surface area contributed by atoms with Crippen molar-refractivity contribution in [2.75, 3.05) is 25.9 Å². The maximum atomic E-state index is 13.2. The number of rotatable bonds is 7. The number of carbonyl (C=O) groups is 2. The second kappa shape index (κ2) is 9.38. The van der Waals surface area contributed by atoms with Crippen molar-refractivity contribution < 1.29 is 18.0 Å². The van der Waals surface area contributed by atoms with Gasteiger partial charge in [0.25, 0.3) is 0 Å². The van der Waals surface area contributed by atoms with Gasteiger partial charge in [-0.05, 0) is 36.6 Å². The van der Waals surface area contributed by atoms with Gasteiger partial charge in [0.2, 0.25) is 21.8 Å². The van der Waals surface area contributed by atoms with E-state index in [0.717, 1.165) is 21.7 Å². The molecule has 2 aromatic carbocycles. The van der Waals surface area contributed by atoms with E-state index in [-0.39, 0.29) is 19.6 Å². The second-order valence-corrected chi connectivity index (χ2v) is 10.3. The van der Waals surface area contributed by atoms with Crippen molar-refractivity contribution in [3.8, 4) is 0 Å². The first-order valence-corrected chi connectivity index (χ1v) is 12.1. The molecular formula is C22H26ClN3O4S. The van der Waals surface area contributed by atoms with Crippen LogP contribution in [0.5, 0.6) is 0 Å². The summed E-state index contributed by atoms with van der Waals surface area (Å²) in [4.78, 5) is 27.7. The fourth-order valence-corrected chi connectivity index (χ4v) is 4.61. The summed E-state index contributed by atoms with van der Waals surface area (Å²) in [5.74, 6) is -0.797. The van der Waals surface area contributed by atoms with Crippen LogP contribution >= 0.6 is 11.6 Å². The van der Waals surface area contributed by atoms with Crippen molar-refractivity contribution in [3.63, 3.8) is 0 Å². The summed E-state index contributed by atoms with van der Waals surface area (Å²) >= 11 is 5.90. The molecular weight excluding hydrogens is 438 g/mol. The Morgan fingerprint density at radius 3 is 2.35 bits per heavy atom. The van der Waals surface area contributed by atoms with E-state index in [9.17, 15) is 18.0 Å². The van der Waals surface area contributed by atoms with E-state index in [1.54, 1.807) is 31.2 Å². The molecule has 0 aromatic heterocycles. The largest absolute Gasteiger partial charge is 0.350 e. The van der Waals surface area contributed by atoms with Crippen LogP contribution in [0, 0.1) is 0 Å². The number of nitrogens with one attached hydrogen (secondary N) is 1. The number of sulfonamides is 1. The van der Waals surface area contributed by atoms with Gasteiger partial charge in [0, 0.05) is 24.7 Å². The molecule has 9 heteroatoms. The molecule has 31 heavy (non-hydrogen) atoms. The topological polar surface area (TPSA) is 86.8 Å². The molecule has 0 spiro atoms. The number of nitrogens with zero attached hydrogens (tertiary/aromatic N) is 2. The Labute approximate surface area is 188 Å². The molecule has 1 aliphatic heterocycles. The van der Waals surface area contributed by atoms with Crippen LogP contribution in [0.3, 0.4) is 0 Å². The van der Waals surface area contributed by atoms with Gasteiger partial charge in [-0.2, -0.15) is 4.31 Å². The number of piperazine rings is 1. The highest BCUT2D eigenvalue weighted by Gasteiger charge is 2.49. The summed E-state index contributed by atoms with van der Waals surface area (Å²) in [6.07, 6.45) is 1.61. The number of benzene rings is 2. The number of halogens is 1. The van der Waals surface area contributed by atoms with E-state index in [4.69, 9.17) is 11.6 Å². The molecule has 0 bridgehead atoms. The lowest BCUT2D eigenvalue weighted by atomic mass is 9.94. The Bertz CT molecular complexity index is 1040. The maximum Gasteiger partial charge on any atom is 0.247 e. The Hall–Kier alpha value is -2.42. The third-order valence-corrected chi connectivity index (χ3v) is 6.93. The van der Waals surface area contributed by atoms with Crippen LogP contribution in [0.15, 0.2) is 54.6 Å². The zero-order chi connectivity index (χ0) is 22.6. The van der Waals surface area contributed by atoms with Gasteiger partial charge < -0.3 is 10.2 Å². The molecule has 1 fully saturated rings. The normalized spacial score (nSPS) is 20.0. The lowest BCUT2D eigenvalue weighted by Gasteiger charge is -2.46. The zero-order valence-electron chi connectivity index (χ0n) is 17.5. The highest BCUT2D eigenvalue weighted by atomic mass is 35.5. The molecule has 0 aliphatic carbocycles. The molecule has 1 N–H and O–H groups in total.